The molecule has 1 fully saturated rings. The molecule has 0 radical (unpaired) electrons. The van der Waals surface area contributed by atoms with Crippen molar-refractivity contribution in [2.24, 2.45) is 0 Å². The highest BCUT2D eigenvalue weighted by molar-refractivity contribution is 6.18. The van der Waals surface area contributed by atoms with E-state index in [1.54, 1.807) is 0 Å². The molecule has 0 bridgehead atoms. The lowest BCUT2D eigenvalue weighted by Crippen LogP contribution is -2.34. The number of aliphatic hydroxyl groups excluding tert-OH is 1. The van der Waals surface area contributed by atoms with Crippen LogP contribution >= 0.6 is 11.6 Å². The minimum absolute atomic E-state index is 0.0478. The molecule has 2 rings (SSSR count). The number of alkyl halides is 1. The zero-order valence-electron chi connectivity index (χ0n) is 16.8. The number of rotatable bonds is 12. The molecule has 0 spiro atoms. The van der Waals surface area contributed by atoms with Crippen molar-refractivity contribution in [2.75, 3.05) is 50.2 Å². The summed E-state index contributed by atoms with van der Waals surface area (Å²) in [5, 5.41) is 34.8. The van der Waals surface area contributed by atoms with Gasteiger partial charge in [-0.1, -0.05) is 0 Å². The minimum atomic E-state index is -0.810. The molecule has 1 unspecified atom stereocenters. The molecule has 0 aliphatic carbocycles. The molecule has 1 aromatic rings. The lowest BCUT2D eigenvalue weighted by atomic mass is 10.1. The fourth-order valence-electron chi connectivity index (χ4n) is 3.21. The first kappa shape index (κ1) is 24.7. The molecule has 12 nitrogen and oxygen atoms in total. The standard InChI is InChI=1S/C18H25ClN4O8/c19-4-6-21(7-8-24)17-14(11-13(22(26)27)12-15(17)23(28)29)18(25)20-5-10-31-16-3-1-2-9-30-16/h11-12,16,24H,1-10H2,(H,20,25). The number of carbonyl (C=O) groups is 1. The molecule has 1 amide bonds. The van der Waals surface area contributed by atoms with Crippen LogP contribution in [0.3, 0.4) is 0 Å². The van der Waals surface area contributed by atoms with Crippen molar-refractivity contribution < 1.29 is 29.2 Å². The maximum Gasteiger partial charge on any atom is 0.300 e. The Kier molecular flexibility index (Phi) is 9.85. The van der Waals surface area contributed by atoms with Crippen LogP contribution in [-0.4, -0.2) is 72.5 Å². The van der Waals surface area contributed by atoms with E-state index in [9.17, 15) is 30.1 Å². The summed E-state index contributed by atoms with van der Waals surface area (Å²) < 4.78 is 11.0. The summed E-state index contributed by atoms with van der Waals surface area (Å²) >= 11 is 5.77. The fourth-order valence-corrected chi connectivity index (χ4v) is 3.41. The molecule has 0 saturated carbocycles. The quantitative estimate of drug-likeness (QED) is 0.205. The van der Waals surface area contributed by atoms with Crippen LogP contribution in [-0.2, 0) is 9.47 Å². The highest BCUT2D eigenvalue weighted by atomic mass is 35.5. The van der Waals surface area contributed by atoms with E-state index >= 15 is 0 Å². The van der Waals surface area contributed by atoms with Gasteiger partial charge >= 0.3 is 0 Å². The summed E-state index contributed by atoms with van der Waals surface area (Å²) in [5.41, 5.74) is -1.61. The third kappa shape index (κ3) is 6.99. The van der Waals surface area contributed by atoms with Crippen molar-refractivity contribution in [2.45, 2.75) is 25.6 Å². The van der Waals surface area contributed by atoms with E-state index in [4.69, 9.17) is 21.1 Å². The number of anilines is 1. The van der Waals surface area contributed by atoms with E-state index in [0.717, 1.165) is 31.4 Å². The van der Waals surface area contributed by atoms with Gasteiger partial charge in [0.15, 0.2) is 6.29 Å². The number of non-ortho nitro benzene ring substituents is 1. The number of hydrogen-bond donors (Lipinski definition) is 2. The maximum absolute atomic E-state index is 12.8. The van der Waals surface area contributed by atoms with Gasteiger partial charge in [0, 0.05) is 38.2 Å². The Hall–Kier alpha value is -2.54. The highest BCUT2D eigenvalue weighted by Crippen LogP contribution is 2.36. The highest BCUT2D eigenvalue weighted by Gasteiger charge is 2.30. The summed E-state index contributed by atoms with van der Waals surface area (Å²) in [4.78, 5) is 35.4. The molecule has 1 atom stereocenters. The van der Waals surface area contributed by atoms with Crippen LogP contribution < -0.4 is 10.2 Å². The smallest absolute Gasteiger partial charge is 0.300 e. The Morgan fingerprint density at radius 2 is 2.06 bits per heavy atom. The molecule has 1 saturated heterocycles. The number of carbonyl (C=O) groups excluding carboxylic acids is 1. The Bertz CT molecular complexity index is 782. The Morgan fingerprint density at radius 3 is 2.65 bits per heavy atom. The van der Waals surface area contributed by atoms with Gasteiger partial charge in [0.05, 0.1) is 34.7 Å². The van der Waals surface area contributed by atoms with Crippen LogP contribution in [0.4, 0.5) is 17.1 Å². The van der Waals surface area contributed by atoms with Crippen molar-refractivity contribution in [1.82, 2.24) is 5.32 Å². The molecule has 1 heterocycles. The van der Waals surface area contributed by atoms with Crippen molar-refractivity contribution >= 4 is 34.6 Å². The van der Waals surface area contributed by atoms with Gasteiger partial charge in [-0.05, 0) is 19.3 Å². The van der Waals surface area contributed by atoms with Gasteiger partial charge in [0.2, 0.25) is 0 Å². The largest absolute Gasteiger partial charge is 0.395 e. The second kappa shape index (κ2) is 12.3. The van der Waals surface area contributed by atoms with Crippen LogP contribution in [0.1, 0.15) is 29.6 Å². The van der Waals surface area contributed by atoms with Crippen molar-refractivity contribution in [3.63, 3.8) is 0 Å². The molecule has 1 aromatic carbocycles. The van der Waals surface area contributed by atoms with E-state index in [0.29, 0.717) is 6.61 Å². The van der Waals surface area contributed by atoms with E-state index in [1.807, 2.05) is 0 Å². The zero-order chi connectivity index (χ0) is 22.8. The second-order valence-corrected chi connectivity index (χ2v) is 7.08. The van der Waals surface area contributed by atoms with Crippen molar-refractivity contribution in [3.05, 3.63) is 37.9 Å². The third-order valence-electron chi connectivity index (χ3n) is 4.60. The average molecular weight is 461 g/mol. The molecular weight excluding hydrogens is 436 g/mol. The molecule has 1 aliphatic heterocycles. The zero-order valence-corrected chi connectivity index (χ0v) is 17.6. The van der Waals surface area contributed by atoms with Gasteiger partial charge in [0.25, 0.3) is 17.3 Å². The van der Waals surface area contributed by atoms with Gasteiger partial charge in [-0.15, -0.1) is 11.6 Å². The minimum Gasteiger partial charge on any atom is -0.395 e. The first-order chi connectivity index (χ1) is 14.9. The van der Waals surface area contributed by atoms with E-state index in [1.165, 1.54) is 4.90 Å². The number of benzene rings is 1. The van der Waals surface area contributed by atoms with E-state index < -0.39 is 27.1 Å². The van der Waals surface area contributed by atoms with Crippen LogP contribution in [0.5, 0.6) is 0 Å². The van der Waals surface area contributed by atoms with Crippen LogP contribution in [0, 0.1) is 20.2 Å². The van der Waals surface area contributed by atoms with Gasteiger partial charge in [0.1, 0.15) is 5.69 Å². The monoisotopic (exact) mass is 460 g/mol. The van der Waals surface area contributed by atoms with Crippen molar-refractivity contribution in [3.8, 4) is 0 Å². The Balaban J connectivity index is 2.27. The number of nitro benzene ring substituents is 2. The molecule has 0 aromatic heterocycles. The van der Waals surface area contributed by atoms with Crippen LogP contribution in [0.25, 0.3) is 0 Å². The predicted octanol–water partition coefficient (Wildman–Crippen LogP) is 1.81. The van der Waals surface area contributed by atoms with Gasteiger partial charge < -0.3 is 24.8 Å². The molecule has 13 heteroatoms. The number of nitrogens with zero attached hydrogens (tertiary/aromatic N) is 3. The summed E-state index contributed by atoms with van der Waals surface area (Å²) in [6.45, 7) is 0.506. The number of aliphatic hydroxyl groups is 1. The molecule has 172 valence electrons. The molecule has 1 aliphatic rings. The average Bonchev–Trinajstić information content (AvgIpc) is 2.76. The Labute approximate surface area is 183 Å². The summed E-state index contributed by atoms with van der Waals surface area (Å²) in [6, 6.07) is 1.76. The summed E-state index contributed by atoms with van der Waals surface area (Å²) in [6.07, 6.45) is 2.36. The summed E-state index contributed by atoms with van der Waals surface area (Å²) in [5.74, 6) is -0.683. The van der Waals surface area contributed by atoms with Gasteiger partial charge in [-0.25, -0.2) is 0 Å². The molecular formula is C18H25ClN4O8. The second-order valence-electron chi connectivity index (χ2n) is 6.70. The Morgan fingerprint density at radius 1 is 1.29 bits per heavy atom. The lowest BCUT2D eigenvalue weighted by molar-refractivity contribution is -0.393. The SMILES string of the molecule is O=C(NCCOC1CCCCO1)c1cc([N+](=O)[O-])cc([N+](=O)[O-])c1N(CCO)CCCl. The van der Waals surface area contributed by atoms with Gasteiger partial charge in [-0.2, -0.15) is 0 Å². The number of nitro groups is 2. The van der Waals surface area contributed by atoms with E-state index in [2.05, 4.69) is 5.32 Å². The number of ether oxygens (including phenoxy) is 2. The molecule has 2 N–H and O–H groups in total. The first-order valence-electron chi connectivity index (χ1n) is 9.79. The normalized spacial score (nSPS) is 16.0. The third-order valence-corrected chi connectivity index (χ3v) is 4.77. The van der Waals surface area contributed by atoms with Gasteiger partial charge in [-0.3, -0.25) is 25.0 Å². The van der Waals surface area contributed by atoms with Crippen LogP contribution in [0.2, 0.25) is 0 Å². The maximum atomic E-state index is 12.8. The topological polar surface area (TPSA) is 157 Å². The van der Waals surface area contributed by atoms with Crippen molar-refractivity contribution in [1.29, 1.82) is 0 Å². The number of halogens is 1. The van der Waals surface area contributed by atoms with Crippen LogP contribution in [0.15, 0.2) is 12.1 Å². The number of nitrogens with one attached hydrogen (secondary N) is 1. The number of amides is 1. The lowest BCUT2D eigenvalue weighted by Gasteiger charge is -2.25. The number of hydrogen-bond acceptors (Lipinski definition) is 9. The summed E-state index contributed by atoms with van der Waals surface area (Å²) in [7, 11) is 0. The fraction of sp³-hybridized carbons (Fsp3) is 0.611. The van der Waals surface area contributed by atoms with E-state index in [-0.39, 0.29) is 56.3 Å². The molecule has 31 heavy (non-hydrogen) atoms. The first-order valence-corrected chi connectivity index (χ1v) is 10.3. The predicted molar refractivity (Wildman–Crippen MR) is 112 cm³/mol.